The number of rotatable bonds is 9. The van der Waals surface area contributed by atoms with Crippen molar-refractivity contribution in [2.45, 2.75) is 13.3 Å². The van der Waals surface area contributed by atoms with Crippen LogP contribution in [-0.2, 0) is 9.59 Å². The molecular weight excluding hydrogens is 372 g/mol. The van der Waals surface area contributed by atoms with Gasteiger partial charge in [0.05, 0.1) is 27.8 Å². The molecule has 0 spiro atoms. The van der Waals surface area contributed by atoms with Gasteiger partial charge in [-0.2, -0.15) is 0 Å². The van der Waals surface area contributed by atoms with E-state index in [0.29, 0.717) is 22.8 Å². The van der Waals surface area contributed by atoms with Crippen LogP contribution in [0, 0.1) is 6.92 Å². The van der Waals surface area contributed by atoms with Gasteiger partial charge in [0, 0.05) is 0 Å². The highest BCUT2D eigenvalue weighted by Gasteiger charge is 2.09. The van der Waals surface area contributed by atoms with E-state index in [0.717, 1.165) is 11.1 Å². The first-order valence-corrected chi connectivity index (χ1v) is 8.89. The van der Waals surface area contributed by atoms with Crippen molar-refractivity contribution in [3.63, 3.8) is 0 Å². The summed E-state index contributed by atoms with van der Waals surface area (Å²) in [6, 6.07) is 8.34. The lowest BCUT2D eigenvalue weighted by Crippen LogP contribution is -2.02. The summed E-state index contributed by atoms with van der Waals surface area (Å²) >= 11 is 0. The van der Waals surface area contributed by atoms with E-state index >= 15 is 0 Å². The van der Waals surface area contributed by atoms with Crippen LogP contribution in [0.1, 0.15) is 23.1 Å². The van der Waals surface area contributed by atoms with Crippen LogP contribution in [0.5, 0.6) is 23.0 Å². The van der Waals surface area contributed by atoms with E-state index in [1.165, 1.54) is 25.3 Å². The van der Waals surface area contributed by atoms with E-state index in [9.17, 15) is 14.7 Å². The summed E-state index contributed by atoms with van der Waals surface area (Å²) < 4.78 is 15.6. The van der Waals surface area contributed by atoms with Crippen LogP contribution >= 0.6 is 0 Å². The summed E-state index contributed by atoms with van der Waals surface area (Å²) in [7, 11) is 4.56. The fourth-order valence-corrected chi connectivity index (χ4v) is 2.74. The molecule has 0 aromatic heterocycles. The van der Waals surface area contributed by atoms with Crippen LogP contribution in [0.25, 0.3) is 12.2 Å². The minimum Gasteiger partial charge on any atom is -0.504 e. The molecule has 6 nitrogen and oxygen atoms in total. The second-order valence-electron chi connectivity index (χ2n) is 6.28. The van der Waals surface area contributed by atoms with E-state index < -0.39 is 0 Å². The molecule has 0 radical (unpaired) electrons. The molecule has 2 aromatic carbocycles. The predicted molar refractivity (Wildman–Crippen MR) is 112 cm³/mol. The number of hydrogen-bond donors (Lipinski definition) is 1. The third-order valence-corrected chi connectivity index (χ3v) is 4.16. The van der Waals surface area contributed by atoms with Gasteiger partial charge in [0.25, 0.3) is 0 Å². The molecule has 1 N–H and O–H groups in total. The third kappa shape index (κ3) is 5.97. The molecule has 0 aliphatic rings. The highest BCUT2D eigenvalue weighted by Crippen LogP contribution is 2.32. The van der Waals surface area contributed by atoms with Crippen LogP contribution in [0.2, 0.25) is 0 Å². The van der Waals surface area contributed by atoms with Crippen LogP contribution < -0.4 is 14.2 Å². The van der Waals surface area contributed by atoms with E-state index in [4.69, 9.17) is 14.2 Å². The zero-order valence-corrected chi connectivity index (χ0v) is 16.9. The van der Waals surface area contributed by atoms with Gasteiger partial charge >= 0.3 is 0 Å². The van der Waals surface area contributed by atoms with Crippen molar-refractivity contribution in [1.29, 1.82) is 0 Å². The summed E-state index contributed by atoms with van der Waals surface area (Å²) in [6.07, 6.45) is 5.67. The van der Waals surface area contributed by atoms with E-state index in [1.807, 2.05) is 13.0 Å². The van der Waals surface area contributed by atoms with E-state index in [1.54, 1.807) is 44.6 Å². The molecule has 29 heavy (non-hydrogen) atoms. The van der Waals surface area contributed by atoms with Gasteiger partial charge < -0.3 is 19.3 Å². The first-order chi connectivity index (χ1) is 13.9. The van der Waals surface area contributed by atoms with Crippen molar-refractivity contribution in [3.05, 3.63) is 59.2 Å². The summed E-state index contributed by atoms with van der Waals surface area (Å²) in [5.74, 6) is 0.904. The Hall–Kier alpha value is -3.54. The van der Waals surface area contributed by atoms with Gasteiger partial charge in [-0.05, 0) is 60.0 Å². The average Bonchev–Trinajstić information content (AvgIpc) is 2.71. The van der Waals surface area contributed by atoms with Gasteiger partial charge in [-0.25, -0.2) is 0 Å². The van der Waals surface area contributed by atoms with Crippen molar-refractivity contribution in [2.75, 3.05) is 21.3 Å². The predicted octanol–water partition coefficient (Wildman–Crippen LogP) is 3.98. The second kappa shape index (κ2) is 10.1. The first-order valence-electron chi connectivity index (χ1n) is 8.89. The van der Waals surface area contributed by atoms with Gasteiger partial charge in [-0.3, -0.25) is 9.59 Å². The molecule has 152 valence electrons. The lowest BCUT2D eigenvalue weighted by Gasteiger charge is -2.11. The molecule has 2 aromatic rings. The Morgan fingerprint density at radius 3 is 2.03 bits per heavy atom. The summed E-state index contributed by atoms with van der Waals surface area (Å²) in [4.78, 5) is 24.1. The zero-order chi connectivity index (χ0) is 21.4. The number of methoxy groups -OCH3 is 3. The molecule has 0 heterocycles. The molecule has 0 fully saturated rings. The minimum atomic E-state index is -0.324. The van der Waals surface area contributed by atoms with Crippen LogP contribution in [0.4, 0.5) is 0 Å². The highest BCUT2D eigenvalue weighted by atomic mass is 16.5. The number of benzene rings is 2. The number of carbonyl (C=O) groups excluding carboxylic acids is 2. The molecule has 0 bridgehead atoms. The highest BCUT2D eigenvalue weighted by molar-refractivity contribution is 6.10. The van der Waals surface area contributed by atoms with Gasteiger partial charge in [-0.1, -0.05) is 18.2 Å². The lowest BCUT2D eigenvalue weighted by atomic mass is 10.1. The number of ketones is 2. The van der Waals surface area contributed by atoms with E-state index in [-0.39, 0.29) is 23.7 Å². The standard InChI is InChI=1S/C23H24O6/c1-15-11-17(13-22(28-3)23(15)29-4)6-9-19(25)14-18(24)8-5-16-7-10-20(26)21(12-16)27-2/h5-13,26H,14H2,1-4H3/b8-5+,9-6+. The van der Waals surface area contributed by atoms with Gasteiger partial charge in [0.1, 0.15) is 0 Å². The van der Waals surface area contributed by atoms with Crippen molar-refractivity contribution < 1.29 is 28.9 Å². The molecule has 0 amide bonds. The molecule has 0 aliphatic heterocycles. The van der Waals surface area contributed by atoms with Crippen molar-refractivity contribution in [2.24, 2.45) is 0 Å². The van der Waals surface area contributed by atoms with Gasteiger partial charge in [0.15, 0.2) is 34.6 Å². The number of carbonyl (C=O) groups is 2. The van der Waals surface area contributed by atoms with Gasteiger partial charge in [0.2, 0.25) is 0 Å². The summed E-state index contributed by atoms with van der Waals surface area (Å²) in [6.45, 7) is 1.88. The van der Waals surface area contributed by atoms with Crippen LogP contribution in [0.15, 0.2) is 42.5 Å². The van der Waals surface area contributed by atoms with Gasteiger partial charge in [-0.15, -0.1) is 0 Å². The Kier molecular flexibility index (Phi) is 7.60. The molecule has 0 aliphatic carbocycles. The lowest BCUT2D eigenvalue weighted by molar-refractivity contribution is -0.121. The SMILES string of the molecule is COc1cc(/C=C/C(=O)CC(=O)/C=C/c2cc(C)c(OC)c(OC)c2)ccc1O. The fourth-order valence-electron chi connectivity index (χ4n) is 2.74. The summed E-state index contributed by atoms with van der Waals surface area (Å²) in [5, 5.41) is 9.58. The Morgan fingerprint density at radius 1 is 0.862 bits per heavy atom. The summed E-state index contributed by atoms with van der Waals surface area (Å²) in [5.41, 5.74) is 2.33. The Morgan fingerprint density at radius 2 is 1.45 bits per heavy atom. The fraction of sp³-hybridized carbons (Fsp3) is 0.217. The maximum absolute atomic E-state index is 12.1. The monoisotopic (exact) mass is 396 g/mol. The molecule has 2 rings (SSSR count). The smallest absolute Gasteiger partial charge is 0.163 e. The second-order valence-corrected chi connectivity index (χ2v) is 6.28. The number of aromatic hydroxyl groups is 1. The minimum absolute atomic E-state index is 0.0155. The van der Waals surface area contributed by atoms with Crippen molar-refractivity contribution >= 4 is 23.7 Å². The normalized spacial score (nSPS) is 11.0. The molecule has 0 saturated carbocycles. The number of allylic oxidation sites excluding steroid dienone is 2. The third-order valence-electron chi connectivity index (χ3n) is 4.16. The Balaban J connectivity index is 2.01. The van der Waals surface area contributed by atoms with Crippen molar-refractivity contribution in [1.82, 2.24) is 0 Å². The zero-order valence-electron chi connectivity index (χ0n) is 16.9. The van der Waals surface area contributed by atoms with Crippen LogP contribution in [0.3, 0.4) is 0 Å². The Bertz CT molecular complexity index is 956. The molecule has 0 saturated heterocycles. The number of aryl methyl sites for hydroxylation is 1. The first kappa shape index (κ1) is 21.8. The quantitative estimate of drug-likeness (QED) is 0.510. The maximum atomic E-state index is 12.1. The van der Waals surface area contributed by atoms with Crippen LogP contribution in [-0.4, -0.2) is 38.0 Å². The molecular formula is C23H24O6. The van der Waals surface area contributed by atoms with Crippen molar-refractivity contribution in [3.8, 4) is 23.0 Å². The number of hydrogen-bond acceptors (Lipinski definition) is 6. The van der Waals surface area contributed by atoms with E-state index in [2.05, 4.69) is 0 Å². The number of ether oxygens (including phenoxy) is 3. The average molecular weight is 396 g/mol. The molecule has 0 atom stereocenters. The number of phenolic OH excluding ortho intramolecular Hbond substituents is 1. The molecule has 6 heteroatoms. The maximum Gasteiger partial charge on any atom is 0.163 e. The topological polar surface area (TPSA) is 82.1 Å². The number of phenols is 1. The molecule has 0 unspecified atom stereocenters. The Labute approximate surface area is 170 Å². The largest absolute Gasteiger partial charge is 0.504 e.